The SMILES string of the molecule is CCc1ccc(C(=O)NS(=O)(=O)c2ccc(Br)cc2)cc1. The average Bonchev–Trinajstić information content (AvgIpc) is 2.47. The summed E-state index contributed by atoms with van der Waals surface area (Å²) in [5, 5.41) is 0. The lowest BCUT2D eigenvalue weighted by Crippen LogP contribution is -2.30. The summed E-state index contributed by atoms with van der Waals surface area (Å²) in [6, 6.07) is 12.9. The fraction of sp³-hybridized carbons (Fsp3) is 0.133. The molecule has 1 amide bonds. The minimum atomic E-state index is -3.86. The van der Waals surface area contributed by atoms with E-state index in [-0.39, 0.29) is 4.90 Å². The van der Waals surface area contributed by atoms with Crippen LogP contribution >= 0.6 is 15.9 Å². The summed E-state index contributed by atoms with van der Waals surface area (Å²) >= 11 is 3.23. The third-order valence-electron chi connectivity index (χ3n) is 2.98. The van der Waals surface area contributed by atoms with E-state index in [9.17, 15) is 13.2 Å². The molecular weight excluding hydrogens is 354 g/mol. The fourth-order valence-electron chi connectivity index (χ4n) is 1.75. The lowest BCUT2D eigenvalue weighted by Gasteiger charge is -2.07. The molecule has 0 atom stereocenters. The van der Waals surface area contributed by atoms with Crippen LogP contribution in [0.5, 0.6) is 0 Å². The Morgan fingerprint density at radius 1 is 1.05 bits per heavy atom. The molecule has 2 rings (SSSR count). The number of halogens is 1. The van der Waals surface area contributed by atoms with Crippen LogP contribution in [0.15, 0.2) is 57.9 Å². The van der Waals surface area contributed by atoms with E-state index in [0.717, 1.165) is 16.5 Å². The first-order valence-electron chi connectivity index (χ1n) is 6.34. The number of hydrogen-bond donors (Lipinski definition) is 1. The molecule has 4 nitrogen and oxygen atoms in total. The van der Waals surface area contributed by atoms with E-state index in [4.69, 9.17) is 0 Å². The van der Waals surface area contributed by atoms with Gasteiger partial charge in [-0.2, -0.15) is 0 Å². The molecule has 6 heteroatoms. The molecule has 0 bridgehead atoms. The van der Waals surface area contributed by atoms with Crippen LogP contribution in [0.1, 0.15) is 22.8 Å². The van der Waals surface area contributed by atoms with Crippen LogP contribution < -0.4 is 4.72 Å². The molecule has 0 radical (unpaired) electrons. The van der Waals surface area contributed by atoms with Gasteiger partial charge in [0.15, 0.2) is 0 Å². The van der Waals surface area contributed by atoms with Crippen molar-refractivity contribution in [1.29, 1.82) is 0 Å². The number of carbonyl (C=O) groups is 1. The van der Waals surface area contributed by atoms with Crippen LogP contribution in [0.25, 0.3) is 0 Å². The van der Waals surface area contributed by atoms with Crippen LogP contribution in [0.2, 0.25) is 0 Å². The number of benzene rings is 2. The van der Waals surface area contributed by atoms with Gasteiger partial charge in [0, 0.05) is 10.0 Å². The van der Waals surface area contributed by atoms with Gasteiger partial charge in [0.05, 0.1) is 4.90 Å². The Bertz CT molecular complexity index is 737. The third-order valence-corrected chi connectivity index (χ3v) is 4.85. The van der Waals surface area contributed by atoms with Crippen LogP contribution in [-0.4, -0.2) is 14.3 Å². The van der Waals surface area contributed by atoms with Gasteiger partial charge in [-0.3, -0.25) is 4.79 Å². The van der Waals surface area contributed by atoms with Crippen molar-refractivity contribution in [2.45, 2.75) is 18.2 Å². The summed E-state index contributed by atoms with van der Waals surface area (Å²) in [4.78, 5) is 12.0. The van der Waals surface area contributed by atoms with Crippen molar-refractivity contribution in [2.75, 3.05) is 0 Å². The molecule has 21 heavy (non-hydrogen) atoms. The summed E-state index contributed by atoms with van der Waals surface area (Å²) in [7, 11) is -3.86. The van der Waals surface area contributed by atoms with E-state index in [1.54, 1.807) is 36.4 Å². The molecule has 2 aromatic rings. The highest BCUT2D eigenvalue weighted by atomic mass is 79.9. The van der Waals surface area contributed by atoms with Crippen molar-refractivity contribution < 1.29 is 13.2 Å². The minimum absolute atomic E-state index is 0.0456. The Morgan fingerprint density at radius 2 is 1.62 bits per heavy atom. The van der Waals surface area contributed by atoms with Gasteiger partial charge in [0.25, 0.3) is 15.9 Å². The molecular formula is C15H14BrNO3S. The van der Waals surface area contributed by atoms with Crippen molar-refractivity contribution in [3.63, 3.8) is 0 Å². The monoisotopic (exact) mass is 367 g/mol. The molecule has 0 saturated heterocycles. The van der Waals surface area contributed by atoms with E-state index in [0.29, 0.717) is 5.56 Å². The fourth-order valence-corrected chi connectivity index (χ4v) is 2.98. The molecule has 0 heterocycles. The Hall–Kier alpha value is -1.66. The summed E-state index contributed by atoms with van der Waals surface area (Å²) in [6.45, 7) is 2.01. The molecule has 0 saturated carbocycles. The average molecular weight is 368 g/mol. The predicted octanol–water partition coefficient (Wildman–Crippen LogP) is 3.13. The largest absolute Gasteiger partial charge is 0.268 e. The van der Waals surface area contributed by atoms with Gasteiger partial charge in [-0.1, -0.05) is 35.0 Å². The predicted molar refractivity (Wildman–Crippen MR) is 84.6 cm³/mol. The molecule has 0 spiro atoms. The van der Waals surface area contributed by atoms with Gasteiger partial charge in [-0.25, -0.2) is 13.1 Å². The van der Waals surface area contributed by atoms with E-state index < -0.39 is 15.9 Å². The Labute approximate surface area is 132 Å². The first kappa shape index (κ1) is 15.7. The zero-order chi connectivity index (χ0) is 15.5. The van der Waals surface area contributed by atoms with E-state index in [1.165, 1.54) is 12.1 Å². The lowest BCUT2D eigenvalue weighted by molar-refractivity contribution is 0.0981. The van der Waals surface area contributed by atoms with Gasteiger partial charge in [-0.15, -0.1) is 0 Å². The van der Waals surface area contributed by atoms with Gasteiger partial charge in [-0.05, 0) is 48.4 Å². The molecule has 1 N–H and O–H groups in total. The molecule has 110 valence electrons. The Morgan fingerprint density at radius 3 is 2.14 bits per heavy atom. The van der Waals surface area contributed by atoms with Crippen LogP contribution in [0.3, 0.4) is 0 Å². The van der Waals surface area contributed by atoms with Crippen molar-refractivity contribution in [1.82, 2.24) is 4.72 Å². The van der Waals surface area contributed by atoms with Crippen LogP contribution in [-0.2, 0) is 16.4 Å². The minimum Gasteiger partial charge on any atom is -0.268 e. The normalized spacial score (nSPS) is 11.1. The molecule has 0 aromatic heterocycles. The number of hydrogen-bond acceptors (Lipinski definition) is 3. The van der Waals surface area contributed by atoms with E-state index in [2.05, 4.69) is 20.7 Å². The van der Waals surface area contributed by atoms with Crippen molar-refractivity contribution >= 4 is 31.9 Å². The Kier molecular flexibility index (Phi) is 4.80. The molecule has 0 aliphatic rings. The van der Waals surface area contributed by atoms with Gasteiger partial charge >= 0.3 is 0 Å². The number of amides is 1. The summed E-state index contributed by atoms with van der Waals surface area (Å²) in [5.41, 5.74) is 1.40. The van der Waals surface area contributed by atoms with E-state index >= 15 is 0 Å². The highest BCUT2D eigenvalue weighted by Gasteiger charge is 2.18. The topological polar surface area (TPSA) is 63.2 Å². The second-order valence-corrected chi connectivity index (χ2v) is 7.04. The quantitative estimate of drug-likeness (QED) is 0.902. The number of sulfonamides is 1. The maximum absolute atomic E-state index is 12.1. The van der Waals surface area contributed by atoms with Crippen molar-refractivity contribution in [3.8, 4) is 0 Å². The summed E-state index contributed by atoms with van der Waals surface area (Å²) < 4.78 is 27.0. The van der Waals surface area contributed by atoms with Gasteiger partial charge in [0.2, 0.25) is 0 Å². The van der Waals surface area contributed by atoms with Crippen molar-refractivity contribution in [2.24, 2.45) is 0 Å². The first-order valence-corrected chi connectivity index (χ1v) is 8.61. The van der Waals surface area contributed by atoms with Gasteiger partial charge in [0.1, 0.15) is 0 Å². The van der Waals surface area contributed by atoms with Crippen LogP contribution in [0, 0.1) is 0 Å². The highest BCUT2D eigenvalue weighted by molar-refractivity contribution is 9.10. The van der Waals surface area contributed by atoms with Crippen molar-refractivity contribution in [3.05, 3.63) is 64.1 Å². The maximum Gasteiger partial charge on any atom is 0.264 e. The zero-order valence-electron chi connectivity index (χ0n) is 11.3. The molecule has 0 unspecified atom stereocenters. The maximum atomic E-state index is 12.1. The molecule has 0 fully saturated rings. The third kappa shape index (κ3) is 3.92. The summed E-state index contributed by atoms with van der Waals surface area (Å²) in [6.07, 6.45) is 0.860. The highest BCUT2D eigenvalue weighted by Crippen LogP contribution is 2.15. The standard InChI is InChI=1S/C15H14BrNO3S/c1-2-11-3-5-12(6-4-11)15(18)17-21(19,20)14-9-7-13(16)8-10-14/h3-10H,2H2,1H3,(H,17,18). The number of rotatable bonds is 4. The molecule has 2 aromatic carbocycles. The first-order chi connectivity index (χ1) is 9.92. The second-order valence-electron chi connectivity index (χ2n) is 4.44. The zero-order valence-corrected chi connectivity index (χ0v) is 13.7. The Balaban J connectivity index is 2.19. The number of nitrogens with one attached hydrogen (secondary N) is 1. The smallest absolute Gasteiger partial charge is 0.264 e. The second kappa shape index (κ2) is 6.41. The molecule has 0 aliphatic heterocycles. The molecule has 0 aliphatic carbocycles. The number of carbonyl (C=O) groups excluding carboxylic acids is 1. The summed E-state index contributed by atoms with van der Waals surface area (Å²) in [5.74, 6) is -0.638. The number of aryl methyl sites for hydroxylation is 1. The van der Waals surface area contributed by atoms with Gasteiger partial charge < -0.3 is 0 Å². The van der Waals surface area contributed by atoms with E-state index in [1.807, 2.05) is 6.92 Å². The van der Waals surface area contributed by atoms with Crippen LogP contribution in [0.4, 0.5) is 0 Å². The lowest BCUT2D eigenvalue weighted by atomic mass is 10.1.